The summed E-state index contributed by atoms with van der Waals surface area (Å²) < 4.78 is 12.3. The Labute approximate surface area is 183 Å². The van der Waals surface area contributed by atoms with Crippen LogP contribution in [0.1, 0.15) is 47.3 Å². The van der Waals surface area contributed by atoms with Gasteiger partial charge in [0.25, 0.3) is 0 Å². The maximum absolute atomic E-state index is 12.9. The number of imidazole rings is 1. The van der Waals surface area contributed by atoms with Crippen molar-refractivity contribution in [2.24, 2.45) is 5.92 Å². The van der Waals surface area contributed by atoms with Crippen LogP contribution in [0.3, 0.4) is 0 Å². The molecule has 1 fully saturated rings. The molecule has 1 saturated carbocycles. The number of carbonyl (C=O) groups excluding carboxylic acids is 1. The third-order valence-corrected chi connectivity index (χ3v) is 5.82. The average molecular weight is 430 g/mol. The van der Waals surface area contributed by atoms with Gasteiger partial charge in [-0.15, -0.1) is 0 Å². The maximum atomic E-state index is 12.9. The first-order valence-electron chi connectivity index (χ1n) is 10.6. The summed E-state index contributed by atoms with van der Waals surface area (Å²) in [6, 6.07) is 14.7. The Kier molecular flexibility index (Phi) is 5.01. The molecule has 2 heterocycles. The minimum absolute atomic E-state index is 0.0219. The highest BCUT2D eigenvalue weighted by atomic mass is 16.5. The molecule has 0 saturated heterocycles. The zero-order valence-corrected chi connectivity index (χ0v) is 17.5. The van der Waals surface area contributed by atoms with Crippen molar-refractivity contribution in [3.63, 3.8) is 0 Å². The summed E-state index contributed by atoms with van der Waals surface area (Å²) in [5, 5.41) is 11.5. The summed E-state index contributed by atoms with van der Waals surface area (Å²) in [5.74, 6) is -0.537. The van der Waals surface area contributed by atoms with E-state index in [9.17, 15) is 14.7 Å². The molecule has 0 amide bonds. The van der Waals surface area contributed by atoms with Crippen molar-refractivity contribution in [1.29, 1.82) is 0 Å². The first-order valence-corrected chi connectivity index (χ1v) is 10.6. The summed E-state index contributed by atoms with van der Waals surface area (Å²) >= 11 is 0. The highest BCUT2D eigenvalue weighted by molar-refractivity contribution is 5.87. The van der Waals surface area contributed by atoms with Crippen molar-refractivity contribution >= 4 is 16.9 Å². The molecule has 0 aliphatic heterocycles. The summed E-state index contributed by atoms with van der Waals surface area (Å²) in [7, 11) is 0. The Hall–Kier alpha value is -3.87. The molecule has 0 spiro atoms. The monoisotopic (exact) mass is 430 g/mol. The third kappa shape index (κ3) is 3.56. The van der Waals surface area contributed by atoms with Crippen LogP contribution < -0.4 is 5.63 Å². The average Bonchev–Trinajstić information content (AvgIpc) is 3.51. The zero-order valence-electron chi connectivity index (χ0n) is 17.5. The number of para-hydroxylation sites is 1. The Morgan fingerprint density at radius 1 is 1.25 bits per heavy atom. The van der Waals surface area contributed by atoms with Crippen molar-refractivity contribution < 1.29 is 19.1 Å². The van der Waals surface area contributed by atoms with Gasteiger partial charge in [0.1, 0.15) is 17.7 Å². The van der Waals surface area contributed by atoms with E-state index < -0.39 is 11.6 Å². The second-order valence-electron chi connectivity index (χ2n) is 7.94. The van der Waals surface area contributed by atoms with Gasteiger partial charge >= 0.3 is 11.6 Å². The van der Waals surface area contributed by atoms with E-state index in [1.54, 1.807) is 48.3 Å². The van der Waals surface area contributed by atoms with Crippen LogP contribution in [0, 0.1) is 5.92 Å². The van der Waals surface area contributed by atoms with Crippen LogP contribution in [0.15, 0.2) is 70.3 Å². The summed E-state index contributed by atoms with van der Waals surface area (Å²) in [6.07, 6.45) is 5.11. The van der Waals surface area contributed by atoms with Crippen molar-refractivity contribution in [1.82, 2.24) is 9.55 Å². The van der Waals surface area contributed by atoms with E-state index in [0.29, 0.717) is 16.5 Å². The molecule has 2 aromatic heterocycles. The minimum atomic E-state index is -0.518. The second kappa shape index (κ2) is 8.00. The van der Waals surface area contributed by atoms with E-state index >= 15 is 0 Å². The molecule has 162 valence electrons. The topological polar surface area (TPSA) is 94.6 Å². The Balaban J connectivity index is 1.58. The molecule has 32 heavy (non-hydrogen) atoms. The molecule has 0 radical (unpaired) electrons. The standard InChI is InChI=1S/C25H22N2O5/c1-2-31-24(29)19-13-27(14-26-19)17-7-5-6-16(12-17)21(15-10-11-15)22-23(28)18-8-3-4-9-20(18)32-25(22)30/h3-9,12-15,21,28H,2,10-11H2,1H3. The number of esters is 1. The number of aromatic nitrogens is 2. The van der Waals surface area contributed by atoms with Gasteiger partial charge in [-0.2, -0.15) is 0 Å². The fourth-order valence-corrected chi connectivity index (χ4v) is 4.18. The van der Waals surface area contributed by atoms with Crippen LogP contribution in [0.5, 0.6) is 5.75 Å². The zero-order chi connectivity index (χ0) is 22.2. The fraction of sp³-hybridized carbons (Fsp3) is 0.240. The van der Waals surface area contributed by atoms with Gasteiger partial charge in [-0.1, -0.05) is 24.3 Å². The first kappa shape index (κ1) is 20.1. The van der Waals surface area contributed by atoms with E-state index in [0.717, 1.165) is 24.1 Å². The lowest BCUT2D eigenvalue weighted by Crippen LogP contribution is -2.16. The molecule has 1 aliphatic rings. The lowest BCUT2D eigenvalue weighted by molar-refractivity contribution is 0.0520. The SMILES string of the molecule is CCOC(=O)c1cn(-c2cccc(C(c3c(O)c4ccccc4oc3=O)C3CC3)c2)cn1. The van der Waals surface area contributed by atoms with Crippen LogP contribution in [0.2, 0.25) is 0 Å². The first-order chi connectivity index (χ1) is 15.6. The largest absolute Gasteiger partial charge is 0.507 e. The quantitative estimate of drug-likeness (QED) is 0.360. The summed E-state index contributed by atoms with van der Waals surface area (Å²) in [5.41, 5.74) is 2.06. The Bertz CT molecular complexity index is 1370. The number of ether oxygens (including phenoxy) is 1. The molecular weight excluding hydrogens is 408 g/mol. The fourth-order valence-electron chi connectivity index (χ4n) is 4.18. The molecule has 7 heteroatoms. The molecular formula is C25H22N2O5. The third-order valence-electron chi connectivity index (χ3n) is 5.82. The number of hydrogen-bond donors (Lipinski definition) is 1. The molecule has 7 nitrogen and oxygen atoms in total. The number of fused-ring (bicyclic) bond motifs is 1. The highest BCUT2D eigenvalue weighted by Crippen LogP contribution is 2.48. The van der Waals surface area contributed by atoms with Crippen LogP contribution in [0.4, 0.5) is 0 Å². The summed E-state index contributed by atoms with van der Waals surface area (Å²) in [6.45, 7) is 2.03. The number of aromatic hydroxyl groups is 1. The minimum Gasteiger partial charge on any atom is -0.507 e. The van der Waals surface area contributed by atoms with Crippen molar-refractivity contribution in [2.75, 3.05) is 6.61 Å². The van der Waals surface area contributed by atoms with Gasteiger partial charge in [0.05, 0.1) is 17.6 Å². The molecule has 0 bridgehead atoms. The van der Waals surface area contributed by atoms with Gasteiger partial charge in [0.2, 0.25) is 0 Å². The van der Waals surface area contributed by atoms with E-state index in [4.69, 9.17) is 9.15 Å². The van der Waals surface area contributed by atoms with Crippen molar-refractivity contribution in [3.05, 3.63) is 88.3 Å². The number of carbonyl (C=O) groups is 1. The summed E-state index contributed by atoms with van der Waals surface area (Å²) in [4.78, 5) is 29.0. The smallest absolute Gasteiger partial charge is 0.358 e. The van der Waals surface area contributed by atoms with Crippen LogP contribution in [-0.4, -0.2) is 27.2 Å². The molecule has 1 atom stereocenters. The molecule has 5 rings (SSSR count). The maximum Gasteiger partial charge on any atom is 0.358 e. The van der Waals surface area contributed by atoms with E-state index in [1.165, 1.54) is 0 Å². The lowest BCUT2D eigenvalue weighted by Gasteiger charge is -2.19. The molecule has 1 N–H and O–H groups in total. The predicted molar refractivity (Wildman–Crippen MR) is 118 cm³/mol. The molecule has 1 aliphatic carbocycles. The van der Waals surface area contributed by atoms with Gasteiger partial charge in [-0.3, -0.25) is 0 Å². The van der Waals surface area contributed by atoms with Crippen LogP contribution >= 0.6 is 0 Å². The van der Waals surface area contributed by atoms with Gasteiger partial charge in [-0.25, -0.2) is 14.6 Å². The number of nitrogens with zero attached hydrogens (tertiary/aromatic N) is 2. The normalized spacial score (nSPS) is 14.4. The van der Waals surface area contributed by atoms with E-state index in [1.807, 2.05) is 24.3 Å². The van der Waals surface area contributed by atoms with E-state index in [-0.39, 0.29) is 29.9 Å². The predicted octanol–water partition coefficient (Wildman–Crippen LogP) is 4.40. The number of rotatable bonds is 6. The highest BCUT2D eigenvalue weighted by Gasteiger charge is 2.38. The van der Waals surface area contributed by atoms with Gasteiger partial charge in [-0.05, 0) is 55.5 Å². The number of hydrogen-bond acceptors (Lipinski definition) is 6. The Morgan fingerprint density at radius 3 is 2.84 bits per heavy atom. The molecule has 2 aromatic carbocycles. The van der Waals surface area contributed by atoms with Crippen LogP contribution in [0.25, 0.3) is 16.7 Å². The lowest BCUT2D eigenvalue weighted by atomic mass is 9.86. The molecule has 4 aromatic rings. The van der Waals surface area contributed by atoms with Crippen molar-refractivity contribution in [2.45, 2.75) is 25.7 Å². The second-order valence-corrected chi connectivity index (χ2v) is 7.94. The molecule has 1 unspecified atom stereocenters. The van der Waals surface area contributed by atoms with E-state index in [2.05, 4.69) is 4.98 Å². The number of benzene rings is 2. The Morgan fingerprint density at radius 2 is 2.06 bits per heavy atom. The van der Waals surface area contributed by atoms with Gasteiger partial charge < -0.3 is 18.8 Å². The van der Waals surface area contributed by atoms with Crippen molar-refractivity contribution in [3.8, 4) is 11.4 Å². The van der Waals surface area contributed by atoms with Gasteiger partial charge in [0.15, 0.2) is 5.69 Å². The van der Waals surface area contributed by atoms with Gasteiger partial charge in [0, 0.05) is 17.8 Å². The van der Waals surface area contributed by atoms with Crippen LogP contribution in [-0.2, 0) is 4.74 Å².